The molecular weight excluding hydrogens is 510 g/mol. The van der Waals surface area contributed by atoms with Crippen molar-refractivity contribution in [3.63, 3.8) is 0 Å². The molecule has 2 heterocycles. The van der Waals surface area contributed by atoms with Crippen LogP contribution < -0.4 is 10.1 Å². The topological polar surface area (TPSA) is 114 Å². The van der Waals surface area contributed by atoms with Crippen LogP contribution in [0.2, 0.25) is 0 Å². The minimum absolute atomic E-state index is 0.00325. The van der Waals surface area contributed by atoms with Crippen molar-refractivity contribution in [2.45, 2.75) is 46.8 Å². The second kappa shape index (κ2) is 12.6. The Hall–Kier alpha value is -4.47. The first kappa shape index (κ1) is 28.5. The maximum Gasteiger partial charge on any atom is 0.342 e. The molecule has 0 saturated carbocycles. The van der Waals surface area contributed by atoms with E-state index in [0.29, 0.717) is 30.4 Å². The number of carbonyl (C=O) groups is 3. The van der Waals surface area contributed by atoms with E-state index in [9.17, 15) is 14.4 Å². The Labute approximate surface area is 234 Å². The van der Waals surface area contributed by atoms with Gasteiger partial charge in [0, 0.05) is 36.9 Å². The molecule has 0 radical (unpaired) electrons. The van der Waals surface area contributed by atoms with Crippen molar-refractivity contribution in [1.29, 1.82) is 0 Å². The van der Waals surface area contributed by atoms with E-state index in [-0.39, 0.29) is 42.5 Å². The first-order valence-corrected chi connectivity index (χ1v) is 13.4. The molecule has 0 spiro atoms. The number of carbonyl (C=O) groups excluding carboxylic acids is 3. The molecule has 1 aromatic heterocycles. The van der Waals surface area contributed by atoms with Gasteiger partial charge in [0.05, 0.1) is 18.4 Å². The van der Waals surface area contributed by atoms with E-state index in [1.54, 1.807) is 54.8 Å². The molecule has 10 heteroatoms. The number of hydrogen-bond donors (Lipinski definition) is 1. The van der Waals surface area contributed by atoms with Crippen LogP contribution in [0.15, 0.2) is 54.6 Å². The van der Waals surface area contributed by atoms with Crippen molar-refractivity contribution in [3.05, 3.63) is 71.5 Å². The number of hydrogen-bond acceptors (Lipinski definition) is 7. The highest BCUT2D eigenvalue weighted by molar-refractivity contribution is 6.05. The van der Waals surface area contributed by atoms with Gasteiger partial charge in [-0.25, -0.2) is 19.6 Å². The largest absolute Gasteiger partial charge is 0.494 e. The Balaban J connectivity index is 1.54. The molecule has 1 aliphatic heterocycles. The summed E-state index contributed by atoms with van der Waals surface area (Å²) in [4.78, 5) is 52.3. The van der Waals surface area contributed by atoms with Crippen LogP contribution in [-0.4, -0.2) is 76.1 Å². The number of rotatable bonds is 7. The molecule has 3 amide bonds. The van der Waals surface area contributed by atoms with Crippen molar-refractivity contribution in [2.75, 3.05) is 31.6 Å². The van der Waals surface area contributed by atoms with E-state index in [1.807, 2.05) is 44.2 Å². The highest BCUT2D eigenvalue weighted by atomic mass is 16.5. The second-order valence-electron chi connectivity index (χ2n) is 9.86. The summed E-state index contributed by atoms with van der Waals surface area (Å²) in [6.45, 7) is 10.4. The molecule has 1 N–H and O–H groups in total. The van der Waals surface area contributed by atoms with Crippen molar-refractivity contribution >= 4 is 23.6 Å². The first-order chi connectivity index (χ1) is 19.2. The summed E-state index contributed by atoms with van der Waals surface area (Å²) in [5, 5.41) is 2.91. The fraction of sp³-hybridized carbons (Fsp3) is 0.367. The molecule has 3 aromatic rings. The molecule has 0 aliphatic carbocycles. The zero-order valence-electron chi connectivity index (χ0n) is 23.5. The Morgan fingerprint density at radius 2 is 1.73 bits per heavy atom. The maximum absolute atomic E-state index is 13.8. The Bertz CT molecular complexity index is 1360. The molecule has 2 aromatic carbocycles. The van der Waals surface area contributed by atoms with Crippen molar-refractivity contribution in [1.82, 2.24) is 19.8 Å². The predicted molar refractivity (Wildman–Crippen MR) is 151 cm³/mol. The highest BCUT2D eigenvalue weighted by Crippen LogP contribution is 2.23. The summed E-state index contributed by atoms with van der Waals surface area (Å²) in [7, 11) is 0. The Kier molecular flexibility index (Phi) is 8.98. The zero-order valence-corrected chi connectivity index (χ0v) is 23.5. The van der Waals surface area contributed by atoms with Crippen LogP contribution in [0.5, 0.6) is 5.75 Å². The number of piperazine rings is 1. The minimum atomic E-state index is -0.642. The van der Waals surface area contributed by atoms with Crippen LogP contribution >= 0.6 is 0 Å². The standard InChI is InChI=1S/C30H35N5O5/c1-6-39-24-14-12-23(13-15-24)32-30(38)35-17-16-34(18-20(35)4)28(36)26-25(29(37)40-19(2)3)21(5)31-27(33-26)22-10-8-7-9-11-22/h7-15,19-20H,6,16-18H2,1-5H3,(H,32,38). The number of benzene rings is 2. The number of aryl methyl sites for hydroxylation is 1. The van der Waals surface area contributed by atoms with Crippen LogP contribution in [0.1, 0.15) is 54.2 Å². The SMILES string of the molecule is CCOc1ccc(NC(=O)N2CCN(C(=O)c3nc(-c4ccccc4)nc(C)c3C(=O)OC(C)C)CC2C)cc1. The lowest BCUT2D eigenvalue weighted by molar-refractivity contribution is 0.0367. The number of aromatic nitrogens is 2. The summed E-state index contributed by atoms with van der Waals surface area (Å²) >= 11 is 0. The summed E-state index contributed by atoms with van der Waals surface area (Å²) in [5.74, 6) is 0.0330. The number of esters is 1. The summed E-state index contributed by atoms with van der Waals surface area (Å²) in [6.07, 6.45) is -0.374. The van der Waals surface area contributed by atoms with Gasteiger partial charge in [0.25, 0.3) is 5.91 Å². The maximum atomic E-state index is 13.8. The summed E-state index contributed by atoms with van der Waals surface area (Å²) < 4.78 is 10.9. The third-order valence-electron chi connectivity index (χ3n) is 6.46. The number of anilines is 1. The van der Waals surface area contributed by atoms with Crippen LogP contribution in [0.4, 0.5) is 10.5 Å². The van der Waals surface area contributed by atoms with E-state index in [4.69, 9.17) is 9.47 Å². The molecule has 40 heavy (non-hydrogen) atoms. The fourth-order valence-corrected chi connectivity index (χ4v) is 4.55. The molecule has 1 unspecified atom stereocenters. The van der Waals surface area contributed by atoms with Gasteiger partial charge >= 0.3 is 12.0 Å². The van der Waals surface area contributed by atoms with Gasteiger partial charge in [-0.3, -0.25) is 4.79 Å². The van der Waals surface area contributed by atoms with Crippen LogP contribution in [0.25, 0.3) is 11.4 Å². The fourth-order valence-electron chi connectivity index (χ4n) is 4.55. The molecule has 1 aliphatic rings. The van der Waals surface area contributed by atoms with Crippen LogP contribution in [0.3, 0.4) is 0 Å². The van der Waals surface area contributed by atoms with Gasteiger partial charge < -0.3 is 24.6 Å². The normalized spacial score (nSPS) is 15.1. The second-order valence-corrected chi connectivity index (χ2v) is 9.86. The van der Waals surface area contributed by atoms with E-state index in [1.165, 1.54) is 0 Å². The molecular formula is C30H35N5O5. The van der Waals surface area contributed by atoms with Gasteiger partial charge in [0.15, 0.2) is 5.82 Å². The zero-order chi connectivity index (χ0) is 28.8. The summed E-state index contributed by atoms with van der Waals surface area (Å²) in [6, 6.07) is 15.9. The number of amides is 3. The monoisotopic (exact) mass is 545 g/mol. The van der Waals surface area contributed by atoms with Crippen LogP contribution in [0, 0.1) is 6.92 Å². The van der Waals surface area contributed by atoms with E-state index in [2.05, 4.69) is 15.3 Å². The summed E-state index contributed by atoms with van der Waals surface area (Å²) in [5.41, 5.74) is 1.80. The number of nitrogens with zero attached hydrogens (tertiary/aromatic N) is 4. The van der Waals surface area contributed by atoms with E-state index < -0.39 is 11.9 Å². The lowest BCUT2D eigenvalue weighted by Crippen LogP contribution is -2.56. The van der Waals surface area contributed by atoms with Gasteiger partial charge in [0.2, 0.25) is 0 Å². The lowest BCUT2D eigenvalue weighted by Gasteiger charge is -2.39. The van der Waals surface area contributed by atoms with Crippen molar-refractivity contribution < 1.29 is 23.9 Å². The molecule has 1 atom stereocenters. The highest BCUT2D eigenvalue weighted by Gasteiger charge is 2.34. The molecule has 210 valence electrons. The first-order valence-electron chi connectivity index (χ1n) is 13.4. The molecule has 4 rings (SSSR count). The van der Waals surface area contributed by atoms with Gasteiger partial charge in [0.1, 0.15) is 17.0 Å². The lowest BCUT2D eigenvalue weighted by atomic mass is 10.1. The van der Waals surface area contributed by atoms with Gasteiger partial charge in [-0.15, -0.1) is 0 Å². The quantitative estimate of drug-likeness (QED) is 0.425. The average Bonchev–Trinajstić information content (AvgIpc) is 2.93. The number of ether oxygens (including phenoxy) is 2. The van der Waals surface area contributed by atoms with Gasteiger partial charge in [-0.2, -0.15) is 0 Å². The smallest absolute Gasteiger partial charge is 0.342 e. The number of nitrogens with one attached hydrogen (secondary N) is 1. The van der Waals surface area contributed by atoms with E-state index in [0.717, 1.165) is 11.3 Å². The molecule has 1 fully saturated rings. The van der Waals surface area contributed by atoms with Crippen molar-refractivity contribution in [3.8, 4) is 17.1 Å². The Morgan fingerprint density at radius 1 is 1.02 bits per heavy atom. The molecule has 10 nitrogen and oxygen atoms in total. The molecule has 0 bridgehead atoms. The van der Waals surface area contributed by atoms with Crippen molar-refractivity contribution in [2.24, 2.45) is 0 Å². The van der Waals surface area contributed by atoms with Gasteiger partial charge in [-0.1, -0.05) is 30.3 Å². The van der Waals surface area contributed by atoms with Gasteiger partial charge in [-0.05, 0) is 58.9 Å². The average molecular weight is 546 g/mol. The van der Waals surface area contributed by atoms with Crippen LogP contribution in [-0.2, 0) is 4.74 Å². The third kappa shape index (κ3) is 6.56. The molecule has 1 saturated heterocycles. The predicted octanol–water partition coefficient (Wildman–Crippen LogP) is 4.79. The number of urea groups is 1. The minimum Gasteiger partial charge on any atom is -0.494 e. The van der Waals surface area contributed by atoms with E-state index >= 15 is 0 Å². The Morgan fingerprint density at radius 3 is 2.35 bits per heavy atom. The third-order valence-corrected chi connectivity index (χ3v) is 6.46.